The molecule has 1 fully saturated rings. The van der Waals surface area contributed by atoms with Crippen LogP contribution < -0.4 is 19.7 Å². The highest BCUT2D eigenvalue weighted by molar-refractivity contribution is 5.80. The molecule has 0 radical (unpaired) electrons. The fourth-order valence-corrected chi connectivity index (χ4v) is 3.18. The second kappa shape index (κ2) is 9.46. The van der Waals surface area contributed by atoms with Gasteiger partial charge >= 0.3 is 0 Å². The van der Waals surface area contributed by atoms with Gasteiger partial charge in [-0.1, -0.05) is 24.3 Å². The number of carbonyl (C=O) groups is 1. The Morgan fingerprint density at radius 1 is 1.04 bits per heavy atom. The molecule has 6 heteroatoms. The second-order valence-corrected chi connectivity index (χ2v) is 7.09. The van der Waals surface area contributed by atoms with Crippen molar-refractivity contribution in [1.82, 2.24) is 10.2 Å². The van der Waals surface area contributed by atoms with Crippen LogP contribution in [-0.2, 0) is 11.3 Å². The van der Waals surface area contributed by atoms with Crippen LogP contribution in [0.2, 0.25) is 0 Å². The SMILES string of the molecule is COc1ccccc1O[C@H](C)C(=O)NCc1ccc(N2CCN(C)CC2)cc1. The maximum atomic E-state index is 12.4. The highest BCUT2D eigenvalue weighted by atomic mass is 16.5. The highest BCUT2D eigenvalue weighted by Gasteiger charge is 2.17. The summed E-state index contributed by atoms with van der Waals surface area (Å²) in [6.45, 7) is 6.47. The van der Waals surface area contributed by atoms with Gasteiger partial charge < -0.3 is 24.6 Å². The lowest BCUT2D eigenvalue weighted by atomic mass is 10.1. The topological polar surface area (TPSA) is 54.0 Å². The molecule has 0 unspecified atom stereocenters. The molecule has 28 heavy (non-hydrogen) atoms. The van der Waals surface area contributed by atoms with Crippen molar-refractivity contribution in [2.75, 3.05) is 45.2 Å². The fourth-order valence-electron chi connectivity index (χ4n) is 3.18. The molecule has 1 atom stereocenters. The van der Waals surface area contributed by atoms with E-state index in [1.54, 1.807) is 20.1 Å². The van der Waals surface area contributed by atoms with Crippen LogP contribution in [-0.4, -0.2) is 57.2 Å². The molecule has 0 aromatic heterocycles. The third-order valence-electron chi connectivity index (χ3n) is 5.01. The largest absolute Gasteiger partial charge is 0.493 e. The van der Waals surface area contributed by atoms with E-state index in [0.29, 0.717) is 18.0 Å². The van der Waals surface area contributed by atoms with E-state index in [0.717, 1.165) is 31.7 Å². The fraction of sp³-hybridized carbons (Fsp3) is 0.409. The molecule has 2 aromatic rings. The van der Waals surface area contributed by atoms with Gasteiger partial charge in [-0.3, -0.25) is 4.79 Å². The third kappa shape index (κ3) is 5.16. The van der Waals surface area contributed by atoms with Crippen LogP contribution in [0.3, 0.4) is 0 Å². The average Bonchev–Trinajstić information content (AvgIpc) is 2.73. The van der Waals surface area contributed by atoms with Crippen molar-refractivity contribution in [3.8, 4) is 11.5 Å². The zero-order valence-electron chi connectivity index (χ0n) is 16.9. The lowest BCUT2D eigenvalue weighted by Crippen LogP contribution is -2.44. The minimum Gasteiger partial charge on any atom is -0.493 e. The lowest BCUT2D eigenvalue weighted by molar-refractivity contribution is -0.127. The normalized spacial score (nSPS) is 15.8. The molecular weight excluding hydrogens is 354 g/mol. The maximum absolute atomic E-state index is 12.4. The first-order valence-electron chi connectivity index (χ1n) is 9.66. The van der Waals surface area contributed by atoms with E-state index in [1.807, 2.05) is 18.2 Å². The Morgan fingerprint density at radius 2 is 1.68 bits per heavy atom. The summed E-state index contributed by atoms with van der Waals surface area (Å²) in [4.78, 5) is 17.1. The zero-order chi connectivity index (χ0) is 19.9. The molecule has 0 aliphatic carbocycles. The zero-order valence-corrected chi connectivity index (χ0v) is 16.9. The number of nitrogens with zero attached hydrogens (tertiary/aromatic N) is 2. The molecule has 150 valence electrons. The quantitative estimate of drug-likeness (QED) is 0.796. The number of benzene rings is 2. The Bertz CT molecular complexity index is 771. The van der Waals surface area contributed by atoms with Gasteiger partial charge in [0.2, 0.25) is 0 Å². The van der Waals surface area contributed by atoms with Crippen molar-refractivity contribution in [3.05, 3.63) is 54.1 Å². The number of nitrogens with one attached hydrogen (secondary N) is 1. The summed E-state index contributed by atoms with van der Waals surface area (Å²) in [6.07, 6.45) is -0.610. The number of hydrogen-bond donors (Lipinski definition) is 1. The summed E-state index contributed by atoms with van der Waals surface area (Å²) >= 11 is 0. The van der Waals surface area contributed by atoms with Gasteiger partial charge in [0.05, 0.1) is 7.11 Å². The number of ether oxygens (including phenoxy) is 2. The number of anilines is 1. The van der Waals surface area contributed by atoms with Gasteiger partial charge in [-0.05, 0) is 43.8 Å². The van der Waals surface area contributed by atoms with Gasteiger partial charge in [0, 0.05) is 38.4 Å². The predicted octanol–water partition coefficient (Wildman–Crippen LogP) is 2.53. The Morgan fingerprint density at radius 3 is 2.32 bits per heavy atom. The Balaban J connectivity index is 1.50. The molecule has 1 saturated heterocycles. The first-order chi connectivity index (χ1) is 13.6. The summed E-state index contributed by atoms with van der Waals surface area (Å²) in [5.41, 5.74) is 2.30. The van der Waals surface area contributed by atoms with Crippen molar-refractivity contribution in [3.63, 3.8) is 0 Å². The number of piperazine rings is 1. The van der Waals surface area contributed by atoms with Crippen LogP contribution in [0.1, 0.15) is 12.5 Å². The molecule has 2 aromatic carbocycles. The van der Waals surface area contributed by atoms with Gasteiger partial charge in [0.1, 0.15) is 0 Å². The van der Waals surface area contributed by atoms with Gasteiger partial charge in [0.15, 0.2) is 17.6 Å². The summed E-state index contributed by atoms with van der Waals surface area (Å²) in [6, 6.07) is 15.7. The summed E-state index contributed by atoms with van der Waals surface area (Å²) in [7, 11) is 3.74. The number of para-hydroxylation sites is 2. The number of likely N-dealkylation sites (N-methyl/N-ethyl adjacent to an activating group) is 1. The van der Waals surface area contributed by atoms with Crippen LogP contribution in [0.5, 0.6) is 11.5 Å². The van der Waals surface area contributed by atoms with Crippen molar-refractivity contribution in [2.45, 2.75) is 19.6 Å². The third-order valence-corrected chi connectivity index (χ3v) is 5.01. The van der Waals surface area contributed by atoms with Crippen LogP contribution in [0.25, 0.3) is 0 Å². The number of rotatable bonds is 7. The number of methoxy groups -OCH3 is 1. The Labute approximate surface area is 167 Å². The van der Waals surface area contributed by atoms with E-state index >= 15 is 0 Å². The minimum absolute atomic E-state index is 0.158. The molecule has 0 bridgehead atoms. The summed E-state index contributed by atoms with van der Waals surface area (Å²) in [5.74, 6) is 1.01. The Hall–Kier alpha value is -2.73. The number of carbonyl (C=O) groups excluding carboxylic acids is 1. The van der Waals surface area contributed by atoms with E-state index in [4.69, 9.17) is 9.47 Å². The molecular formula is C22H29N3O3. The van der Waals surface area contributed by atoms with E-state index < -0.39 is 6.10 Å². The molecule has 1 aliphatic heterocycles. The predicted molar refractivity (Wildman–Crippen MR) is 111 cm³/mol. The minimum atomic E-state index is -0.610. The van der Waals surface area contributed by atoms with Crippen LogP contribution >= 0.6 is 0 Å². The number of amides is 1. The van der Waals surface area contributed by atoms with E-state index in [-0.39, 0.29) is 5.91 Å². The van der Waals surface area contributed by atoms with Crippen LogP contribution in [0.4, 0.5) is 5.69 Å². The molecule has 0 spiro atoms. The van der Waals surface area contributed by atoms with Crippen molar-refractivity contribution in [2.24, 2.45) is 0 Å². The van der Waals surface area contributed by atoms with E-state index in [1.165, 1.54) is 5.69 Å². The van der Waals surface area contributed by atoms with Crippen LogP contribution in [0.15, 0.2) is 48.5 Å². The van der Waals surface area contributed by atoms with Gasteiger partial charge in [-0.2, -0.15) is 0 Å². The van der Waals surface area contributed by atoms with E-state index in [2.05, 4.69) is 46.4 Å². The van der Waals surface area contributed by atoms with Gasteiger partial charge in [0.25, 0.3) is 5.91 Å². The average molecular weight is 383 g/mol. The van der Waals surface area contributed by atoms with Gasteiger partial charge in [-0.25, -0.2) is 0 Å². The number of hydrogen-bond acceptors (Lipinski definition) is 5. The second-order valence-electron chi connectivity index (χ2n) is 7.09. The smallest absolute Gasteiger partial charge is 0.261 e. The maximum Gasteiger partial charge on any atom is 0.261 e. The molecule has 1 amide bonds. The van der Waals surface area contributed by atoms with Crippen molar-refractivity contribution >= 4 is 11.6 Å². The molecule has 0 saturated carbocycles. The highest BCUT2D eigenvalue weighted by Crippen LogP contribution is 2.26. The van der Waals surface area contributed by atoms with E-state index in [9.17, 15) is 4.79 Å². The molecule has 6 nitrogen and oxygen atoms in total. The molecule has 1 aliphatic rings. The summed E-state index contributed by atoms with van der Waals surface area (Å²) < 4.78 is 11.0. The van der Waals surface area contributed by atoms with Gasteiger partial charge in [-0.15, -0.1) is 0 Å². The first kappa shape index (κ1) is 20.0. The molecule has 1 heterocycles. The van der Waals surface area contributed by atoms with Crippen LogP contribution in [0, 0.1) is 0 Å². The first-order valence-corrected chi connectivity index (χ1v) is 9.66. The molecule has 3 rings (SSSR count). The van der Waals surface area contributed by atoms with Crippen molar-refractivity contribution in [1.29, 1.82) is 0 Å². The Kier molecular flexibility index (Phi) is 6.76. The van der Waals surface area contributed by atoms with Crippen molar-refractivity contribution < 1.29 is 14.3 Å². The standard InChI is InChI=1S/C22H29N3O3/c1-17(28-21-7-5-4-6-20(21)27-3)22(26)23-16-18-8-10-19(11-9-18)25-14-12-24(2)13-15-25/h4-11,17H,12-16H2,1-3H3,(H,23,26)/t17-/m1/s1. The molecule has 1 N–H and O–H groups in total. The lowest BCUT2D eigenvalue weighted by Gasteiger charge is -2.34. The summed E-state index contributed by atoms with van der Waals surface area (Å²) in [5, 5.41) is 2.94. The monoisotopic (exact) mass is 383 g/mol.